The van der Waals surface area contributed by atoms with E-state index in [2.05, 4.69) is 6.58 Å². The number of hydrogen-bond donors (Lipinski definition) is 1. The van der Waals surface area contributed by atoms with Gasteiger partial charge in [-0.25, -0.2) is 4.90 Å². The first-order valence-corrected chi connectivity index (χ1v) is 8.97. The van der Waals surface area contributed by atoms with E-state index in [0.717, 1.165) is 5.57 Å². The Morgan fingerprint density at radius 2 is 2.00 bits per heavy atom. The molecule has 2 heterocycles. The fourth-order valence-electron chi connectivity index (χ4n) is 4.41. The number of amides is 2. The van der Waals surface area contributed by atoms with Gasteiger partial charge in [0.25, 0.3) is 0 Å². The molecule has 1 aromatic carbocycles. The minimum Gasteiger partial charge on any atom is -0.463 e. The number of benzene rings is 1. The summed E-state index contributed by atoms with van der Waals surface area (Å²) < 4.78 is 5.78. The van der Waals surface area contributed by atoms with Gasteiger partial charge in [-0.05, 0) is 43.2 Å². The van der Waals surface area contributed by atoms with Crippen LogP contribution in [0.15, 0.2) is 71.2 Å². The zero-order valence-corrected chi connectivity index (χ0v) is 15.1. The van der Waals surface area contributed by atoms with Gasteiger partial charge in [-0.2, -0.15) is 0 Å². The predicted molar refractivity (Wildman–Crippen MR) is 101 cm³/mol. The number of rotatable bonds is 4. The molecule has 138 valence electrons. The van der Waals surface area contributed by atoms with Crippen molar-refractivity contribution in [2.24, 2.45) is 11.3 Å². The third-order valence-corrected chi connectivity index (χ3v) is 5.80. The smallest absolute Gasteiger partial charge is 0.241 e. The van der Waals surface area contributed by atoms with E-state index in [1.807, 2.05) is 31.2 Å². The summed E-state index contributed by atoms with van der Waals surface area (Å²) in [5.41, 5.74) is 0.469. The average molecular weight is 363 g/mol. The molecule has 1 saturated heterocycles. The summed E-state index contributed by atoms with van der Waals surface area (Å²) in [6, 6.07) is 12.5. The Morgan fingerprint density at radius 3 is 2.63 bits per heavy atom. The molecule has 0 saturated carbocycles. The predicted octanol–water partition coefficient (Wildman–Crippen LogP) is 3.57. The van der Waals surface area contributed by atoms with Gasteiger partial charge < -0.3 is 9.52 Å². The maximum absolute atomic E-state index is 13.5. The highest BCUT2D eigenvalue weighted by molar-refractivity contribution is 6.24. The SMILES string of the molecule is C=CC1=CCC2C(=O)N(c3ccccc3)C(=O)C2(C)C1c1ccc(CO)o1. The highest BCUT2D eigenvalue weighted by Gasteiger charge is 2.62. The van der Waals surface area contributed by atoms with E-state index in [0.29, 0.717) is 23.6 Å². The van der Waals surface area contributed by atoms with Crippen molar-refractivity contribution >= 4 is 17.5 Å². The number of imide groups is 1. The number of allylic oxidation sites excluding steroid dienone is 3. The molecule has 1 N–H and O–H groups in total. The number of carbonyl (C=O) groups excluding carboxylic acids is 2. The normalized spacial score (nSPS) is 27.5. The standard InChI is InChI=1S/C22H21NO4/c1-3-14-9-11-17-20(25)23(15-7-5-4-6-8-15)21(26)22(17,2)19(14)18-12-10-16(13-24)27-18/h3-10,12,17,19,24H,1,11,13H2,2H3. The van der Waals surface area contributed by atoms with Crippen LogP contribution in [0, 0.1) is 11.3 Å². The number of fused-ring (bicyclic) bond motifs is 1. The van der Waals surface area contributed by atoms with Gasteiger partial charge in [0.15, 0.2) is 0 Å². The Balaban J connectivity index is 1.85. The number of aliphatic hydroxyl groups excluding tert-OH is 1. The molecule has 1 aliphatic carbocycles. The lowest BCUT2D eigenvalue weighted by atomic mass is 9.61. The Hall–Kier alpha value is -2.92. The number of para-hydroxylation sites is 1. The maximum atomic E-state index is 13.5. The van der Waals surface area contributed by atoms with Crippen molar-refractivity contribution < 1.29 is 19.1 Å². The molecule has 3 atom stereocenters. The highest BCUT2D eigenvalue weighted by atomic mass is 16.4. The molecule has 2 amide bonds. The van der Waals surface area contributed by atoms with E-state index in [4.69, 9.17) is 4.42 Å². The highest BCUT2D eigenvalue weighted by Crippen LogP contribution is 2.56. The van der Waals surface area contributed by atoms with Crippen LogP contribution >= 0.6 is 0 Å². The second-order valence-electron chi connectivity index (χ2n) is 7.19. The minimum absolute atomic E-state index is 0.188. The molecule has 5 nitrogen and oxygen atoms in total. The van der Waals surface area contributed by atoms with E-state index < -0.39 is 17.3 Å². The van der Waals surface area contributed by atoms with E-state index in [-0.39, 0.29) is 18.4 Å². The molecule has 0 bridgehead atoms. The molecule has 1 aromatic heterocycles. The van der Waals surface area contributed by atoms with Crippen LogP contribution in [0.25, 0.3) is 0 Å². The minimum atomic E-state index is -0.976. The average Bonchev–Trinajstić information content (AvgIpc) is 3.23. The third kappa shape index (κ3) is 2.42. The molecule has 1 aliphatic heterocycles. The monoisotopic (exact) mass is 363 g/mol. The summed E-state index contributed by atoms with van der Waals surface area (Å²) in [5.74, 6) is -0.333. The van der Waals surface area contributed by atoms with Gasteiger partial charge in [0, 0.05) is 0 Å². The van der Waals surface area contributed by atoms with E-state index in [1.165, 1.54) is 4.90 Å². The summed E-state index contributed by atoms with van der Waals surface area (Å²) in [4.78, 5) is 28.0. The summed E-state index contributed by atoms with van der Waals surface area (Å²) in [7, 11) is 0. The molecule has 1 fully saturated rings. The molecule has 5 heteroatoms. The number of furan rings is 1. The van der Waals surface area contributed by atoms with Crippen LogP contribution in [0.2, 0.25) is 0 Å². The molecular weight excluding hydrogens is 342 g/mol. The topological polar surface area (TPSA) is 70.8 Å². The van der Waals surface area contributed by atoms with Gasteiger partial charge in [0.05, 0.1) is 22.9 Å². The van der Waals surface area contributed by atoms with Crippen LogP contribution in [0.1, 0.15) is 30.8 Å². The van der Waals surface area contributed by atoms with Crippen LogP contribution in [0.4, 0.5) is 5.69 Å². The third-order valence-electron chi connectivity index (χ3n) is 5.80. The number of anilines is 1. The van der Waals surface area contributed by atoms with Crippen molar-refractivity contribution in [3.05, 3.63) is 78.3 Å². The van der Waals surface area contributed by atoms with Crippen LogP contribution in [-0.2, 0) is 16.2 Å². The van der Waals surface area contributed by atoms with Gasteiger partial charge in [0.2, 0.25) is 11.8 Å². The molecule has 0 radical (unpaired) electrons. The van der Waals surface area contributed by atoms with Gasteiger partial charge in [0.1, 0.15) is 18.1 Å². The summed E-state index contributed by atoms with van der Waals surface area (Å²) in [6.07, 6.45) is 4.16. The zero-order chi connectivity index (χ0) is 19.2. The van der Waals surface area contributed by atoms with Gasteiger partial charge in [-0.15, -0.1) is 0 Å². The first kappa shape index (κ1) is 17.5. The van der Waals surface area contributed by atoms with Crippen molar-refractivity contribution in [2.45, 2.75) is 25.9 Å². The van der Waals surface area contributed by atoms with E-state index >= 15 is 0 Å². The largest absolute Gasteiger partial charge is 0.463 e. The van der Waals surface area contributed by atoms with Gasteiger partial charge >= 0.3 is 0 Å². The number of nitrogens with zero attached hydrogens (tertiary/aromatic N) is 1. The molecule has 2 aromatic rings. The van der Waals surface area contributed by atoms with Gasteiger partial charge in [-0.3, -0.25) is 9.59 Å². The second-order valence-corrected chi connectivity index (χ2v) is 7.19. The number of carbonyl (C=O) groups is 2. The fourth-order valence-corrected chi connectivity index (χ4v) is 4.41. The lowest BCUT2D eigenvalue weighted by molar-refractivity contribution is -0.127. The lowest BCUT2D eigenvalue weighted by Crippen LogP contribution is -2.41. The van der Waals surface area contributed by atoms with Crippen LogP contribution < -0.4 is 4.90 Å². The zero-order valence-electron chi connectivity index (χ0n) is 15.1. The summed E-state index contributed by atoms with van der Waals surface area (Å²) in [5, 5.41) is 9.35. The van der Waals surface area contributed by atoms with Crippen molar-refractivity contribution in [3.63, 3.8) is 0 Å². The molecule has 0 spiro atoms. The first-order chi connectivity index (χ1) is 13.0. The quantitative estimate of drug-likeness (QED) is 0.843. The Labute approximate surface area is 157 Å². The molecule has 4 rings (SSSR count). The van der Waals surface area contributed by atoms with E-state index in [1.54, 1.807) is 30.3 Å². The van der Waals surface area contributed by atoms with Crippen LogP contribution in [0.3, 0.4) is 0 Å². The van der Waals surface area contributed by atoms with Crippen LogP contribution in [-0.4, -0.2) is 16.9 Å². The molecule has 3 unspecified atom stereocenters. The Bertz CT molecular complexity index is 942. The molecular formula is C22H21NO4. The van der Waals surface area contributed by atoms with Crippen molar-refractivity contribution in [2.75, 3.05) is 4.90 Å². The summed E-state index contributed by atoms with van der Waals surface area (Å²) in [6.45, 7) is 5.50. The Kier molecular flexibility index (Phi) is 4.12. The van der Waals surface area contributed by atoms with Crippen molar-refractivity contribution in [3.8, 4) is 0 Å². The number of hydrogen-bond acceptors (Lipinski definition) is 4. The van der Waals surface area contributed by atoms with Crippen molar-refractivity contribution in [1.82, 2.24) is 0 Å². The molecule has 2 aliphatic rings. The Morgan fingerprint density at radius 1 is 1.26 bits per heavy atom. The van der Waals surface area contributed by atoms with E-state index in [9.17, 15) is 14.7 Å². The summed E-state index contributed by atoms with van der Waals surface area (Å²) >= 11 is 0. The van der Waals surface area contributed by atoms with Crippen molar-refractivity contribution in [1.29, 1.82) is 0 Å². The van der Waals surface area contributed by atoms with Gasteiger partial charge in [-0.1, -0.05) is 36.9 Å². The molecule has 27 heavy (non-hydrogen) atoms. The first-order valence-electron chi connectivity index (χ1n) is 8.97. The van der Waals surface area contributed by atoms with Crippen LogP contribution in [0.5, 0.6) is 0 Å². The maximum Gasteiger partial charge on any atom is 0.241 e. The lowest BCUT2D eigenvalue weighted by Gasteiger charge is -2.38. The second kappa shape index (κ2) is 6.35. The number of aliphatic hydroxyl groups is 1. The fraction of sp³-hybridized carbons (Fsp3) is 0.273.